The van der Waals surface area contributed by atoms with Crippen molar-refractivity contribution < 1.29 is 23.4 Å². The van der Waals surface area contributed by atoms with Crippen LogP contribution in [0.3, 0.4) is 0 Å². The second-order valence-corrected chi connectivity index (χ2v) is 7.38. The van der Waals surface area contributed by atoms with Gasteiger partial charge in [-0.3, -0.25) is 4.79 Å². The Labute approximate surface area is 186 Å². The Morgan fingerprint density at radius 3 is 2.50 bits per heavy atom. The molecule has 4 rings (SSSR count). The second kappa shape index (κ2) is 9.47. The Kier molecular flexibility index (Phi) is 6.31. The van der Waals surface area contributed by atoms with Crippen LogP contribution in [-0.4, -0.2) is 32.1 Å². The molecule has 0 saturated heterocycles. The van der Waals surface area contributed by atoms with E-state index in [0.29, 0.717) is 23.8 Å². The summed E-state index contributed by atoms with van der Waals surface area (Å²) >= 11 is 0. The highest BCUT2D eigenvalue weighted by Gasteiger charge is 2.19. The van der Waals surface area contributed by atoms with Crippen LogP contribution in [0, 0.1) is 0 Å². The number of carbonyl (C=O) groups is 1. The van der Waals surface area contributed by atoms with Crippen molar-refractivity contribution in [3.63, 3.8) is 0 Å². The minimum atomic E-state index is -0.230. The van der Waals surface area contributed by atoms with Gasteiger partial charge >= 0.3 is 0 Å². The lowest BCUT2D eigenvalue weighted by molar-refractivity contribution is 0.0748. The van der Waals surface area contributed by atoms with E-state index in [9.17, 15) is 4.79 Å². The fourth-order valence-corrected chi connectivity index (χ4v) is 3.58. The van der Waals surface area contributed by atoms with E-state index >= 15 is 0 Å². The Morgan fingerprint density at radius 1 is 0.906 bits per heavy atom. The van der Waals surface area contributed by atoms with E-state index in [0.717, 1.165) is 22.1 Å². The largest absolute Gasteiger partial charge is 0.493 e. The molecular formula is C26H25NO5. The third-order valence-electron chi connectivity index (χ3n) is 5.21. The quantitative estimate of drug-likeness (QED) is 0.379. The highest BCUT2D eigenvalue weighted by atomic mass is 16.5. The number of ether oxygens (including phenoxy) is 3. The summed E-state index contributed by atoms with van der Waals surface area (Å²) in [4.78, 5) is 14.4. The molecule has 0 atom stereocenters. The van der Waals surface area contributed by atoms with E-state index in [1.54, 1.807) is 38.3 Å². The molecule has 6 heteroatoms. The standard InChI is InChI=1S/C26H25NO5/c1-27(16-20-9-6-10-23(29-2)25(20)30-3)26(28)24-14-13-22(32-24)17-31-21-12-11-18-7-4-5-8-19(18)15-21/h4-15H,16-17H2,1-3H3. The lowest BCUT2D eigenvalue weighted by Gasteiger charge is -2.19. The third-order valence-corrected chi connectivity index (χ3v) is 5.21. The minimum absolute atomic E-state index is 0.230. The van der Waals surface area contributed by atoms with Gasteiger partial charge < -0.3 is 23.5 Å². The molecule has 0 N–H and O–H groups in total. The number of amides is 1. The van der Waals surface area contributed by atoms with Crippen LogP contribution in [0.25, 0.3) is 10.8 Å². The molecule has 0 fully saturated rings. The SMILES string of the molecule is COc1cccc(CN(C)C(=O)c2ccc(COc3ccc4ccccc4c3)o2)c1OC. The Hall–Kier alpha value is -3.93. The van der Waals surface area contributed by atoms with Crippen molar-refractivity contribution in [2.75, 3.05) is 21.3 Å². The summed E-state index contributed by atoms with van der Waals surface area (Å²) in [5.41, 5.74) is 0.842. The summed E-state index contributed by atoms with van der Waals surface area (Å²) in [7, 11) is 4.88. The summed E-state index contributed by atoms with van der Waals surface area (Å²) in [6.45, 7) is 0.585. The zero-order valence-corrected chi connectivity index (χ0v) is 18.3. The molecule has 0 aliphatic heterocycles. The number of rotatable bonds is 8. The molecule has 1 aromatic heterocycles. The van der Waals surface area contributed by atoms with E-state index in [-0.39, 0.29) is 18.3 Å². The van der Waals surface area contributed by atoms with E-state index < -0.39 is 0 Å². The molecule has 0 radical (unpaired) electrons. The average molecular weight is 431 g/mol. The number of benzene rings is 3. The molecule has 0 saturated carbocycles. The summed E-state index contributed by atoms with van der Waals surface area (Å²) in [5.74, 6) is 2.58. The fourth-order valence-electron chi connectivity index (χ4n) is 3.58. The van der Waals surface area contributed by atoms with E-state index in [2.05, 4.69) is 6.07 Å². The summed E-state index contributed by atoms with van der Waals surface area (Å²) < 4.78 is 22.4. The molecule has 0 unspecified atom stereocenters. The topological polar surface area (TPSA) is 61.1 Å². The number of hydrogen-bond donors (Lipinski definition) is 0. The summed E-state index contributed by atoms with van der Waals surface area (Å²) in [6.07, 6.45) is 0. The monoisotopic (exact) mass is 431 g/mol. The molecule has 4 aromatic rings. The van der Waals surface area contributed by atoms with E-state index in [1.165, 1.54) is 0 Å². The van der Waals surface area contributed by atoms with Crippen molar-refractivity contribution in [2.45, 2.75) is 13.2 Å². The molecule has 0 aliphatic carbocycles. The summed E-state index contributed by atoms with van der Waals surface area (Å²) in [6, 6.07) is 23.0. The highest BCUT2D eigenvalue weighted by Crippen LogP contribution is 2.31. The first-order chi connectivity index (χ1) is 15.6. The molecule has 3 aromatic carbocycles. The molecule has 164 valence electrons. The fraction of sp³-hybridized carbons (Fsp3) is 0.192. The van der Waals surface area contributed by atoms with Gasteiger partial charge in [-0.1, -0.05) is 42.5 Å². The lowest BCUT2D eigenvalue weighted by atomic mass is 10.1. The van der Waals surface area contributed by atoms with Gasteiger partial charge in [-0.05, 0) is 41.1 Å². The van der Waals surface area contributed by atoms with Crippen molar-refractivity contribution in [1.82, 2.24) is 4.90 Å². The van der Waals surface area contributed by atoms with Crippen molar-refractivity contribution >= 4 is 16.7 Å². The number of para-hydroxylation sites is 1. The number of fused-ring (bicyclic) bond motifs is 1. The predicted octanol–water partition coefficient (Wildman–Crippen LogP) is 5.30. The van der Waals surface area contributed by atoms with Crippen molar-refractivity contribution in [2.24, 2.45) is 0 Å². The van der Waals surface area contributed by atoms with Gasteiger partial charge in [-0.25, -0.2) is 0 Å². The molecule has 1 heterocycles. The van der Waals surface area contributed by atoms with Crippen LogP contribution >= 0.6 is 0 Å². The van der Waals surface area contributed by atoms with Crippen LogP contribution in [0.5, 0.6) is 17.2 Å². The molecular weight excluding hydrogens is 406 g/mol. The first-order valence-corrected chi connectivity index (χ1v) is 10.2. The Morgan fingerprint density at radius 2 is 1.72 bits per heavy atom. The van der Waals surface area contributed by atoms with Gasteiger partial charge in [0.2, 0.25) is 0 Å². The van der Waals surface area contributed by atoms with Crippen LogP contribution in [-0.2, 0) is 13.2 Å². The van der Waals surface area contributed by atoms with Crippen molar-refractivity contribution in [3.8, 4) is 17.2 Å². The zero-order valence-electron chi connectivity index (χ0n) is 18.3. The maximum atomic E-state index is 12.9. The maximum Gasteiger partial charge on any atom is 0.289 e. The average Bonchev–Trinajstić information content (AvgIpc) is 3.30. The van der Waals surface area contributed by atoms with Crippen molar-refractivity contribution in [1.29, 1.82) is 0 Å². The van der Waals surface area contributed by atoms with E-state index in [4.69, 9.17) is 18.6 Å². The summed E-state index contributed by atoms with van der Waals surface area (Å²) in [5, 5.41) is 2.26. The molecule has 32 heavy (non-hydrogen) atoms. The first-order valence-electron chi connectivity index (χ1n) is 10.2. The van der Waals surface area contributed by atoms with Gasteiger partial charge in [0.1, 0.15) is 18.1 Å². The van der Waals surface area contributed by atoms with Gasteiger partial charge in [0, 0.05) is 19.2 Å². The van der Waals surface area contributed by atoms with Crippen LogP contribution in [0.2, 0.25) is 0 Å². The lowest BCUT2D eigenvalue weighted by Crippen LogP contribution is -2.26. The Balaban J connectivity index is 1.40. The first kappa shape index (κ1) is 21.3. The molecule has 0 spiro atoms. The molecule has 6 nitrogen and oxygen atoms in total. The van der Waals surface area contributed by atoms with Crippen LogP contribution in [0.4, 0.5) is 0 Å². The Bertz CT molecular complexity index is 1230. The smallest absolute Gasteiger partial charge is 0.289 e. The van der Waals surface area contributed by atoms with Gasteiger partial charge in [-0.15, -0.1) is 0 Å². The van der Waals surface area contributed by atoms with Crippen molar-refractivity contribution in [3.05, 3.63) is 89.9 Å². The zero-order chi connectivity index (χ0) is 22.5. The van der Waals surface area contributed by atoms with E-state index in [1.807, 2.05) is 54.6 Å². The number of carbonyl (C=O) groups excluding carboxylic acids is 1. The number of furan rings is 1. The van der Waals surface area contributed by atoms with Gasteiger partial charge in [0.15, 0.2) is 17.3 Å². The predicted molar refractivity (Wildman–Crippen MR) is 122 cm³/mol. The van der Waals surface area contributed by atoms with Gasteiger partial charge in [0.05, 0.1) is 14.2 Å². The van der Waals surface area contributed by atoms with Crippen LogP contribution < -0.4 is 14.2 Å². The number of hydrogen-bond acceptors (Lipinski definition) is 5. The third kappa shape index (κ3) is 4.54. The second-order valence-electron chi connectivity index (χ2n) is 7.38. The van der Waals surface area contributed by atoms with Crippen LogP contribution in [0.15, 0.2) is 77.2 Å². The number of methoxy groups -OCH3 is 2. The van der Waals surface area contributed by atoms with Crippen LogP contribution in [0.1, 0.15) is 21.9 Å². The highest BCUT2D eigenvalue weighted by molar-refractivity contribution is 5.91. The van der Waals surface area contributed by atoms with Gasteiger partial charge in [-0.2, -0.15) is 0 Å². The normalized spacial score (nSPS) is 10.7. The molecule has 0 aliphatic rings. The van der Waals surface area contributed by atoms with Gasteiger partial charge in [0.25, 0.3) is 5.91 Å². The number of nitrogens with zero attached hydrogens (tertiary/aromatic N) is 1. The maximum absolute atomic E-state index is 12.9. The minimum Gasteiger partial charge on any atom is -0.493 e. The molecule has 0 bridgehead atoms. The molecule has 1 amide bonds.